The van der Waals surface area contributed by atoms with Crippen LogP contribution in [0.1, 0.15) is 32.1 Å². The molecule has 0 aromatic heterocycles. The van der Waals surface area contributed by atoms with Gasteiger partial charge in [-0.1, -0.05) is 44.0 Å². The van der Waals surface area contributed by atoms with Crippen LogP contribution in [0.2, 0.25) is 0 Å². The maximum atomic E-state index is 12.1. The molecule has 4 rings (SSSR count). The minimum absolute atomic E-state index is 0.325. The Hall–Kier alpha value is 0.170. The van der Waals surface area contributed by atoms with E-state index in [-0.39, 0.29) is 5.41 Å². The first-order valence-electron chi connectivity index (χ1n) is 7.75. The van der Waals surface area contributed by atoms with E-state index in [2.05, 4.69) is 44.0 Å². The second kappa shape index (κ2) is 4.58. The van der Waals surface area contributed by atoms with E-state index in [1.165, 1.54) is 12.8 Å². The molecule has 3 saturated carbocycles. The van der Waals surface area contributed by atoms with Crippen LogP contribution in [0.15, 0.2) is 12.2 Å². The molecule has 1 N–H and O–H groups in total. The third kappa shape index (κ3) is 1.58. The normalized spacial score (nSPS) is 51.1. The highest BCUT2D eigenvalue weighted by Crippen LogP contribution is 2.74. The van der Waals surface area contributed by atoms with Crippen LogP contribution in [-0.2, 0) is 4.79 Å². The second-order valence-corrected chi connectivity index (χ2v) is 10.7. The highest BCUT2D eigenvalue weighted by molar-refractivity contribution is 9.24. The number of hydrogen-bond donors (Lipinski definition) is 1. The van der Waals surface area contributed by atoms with Crippen molar-refractivity contribution in [2.75, 3.05) is 0 Å². The Bertz CT molecular complexity index is 475. The van der Waals surface area contributed by atoms with Crippen molar-refractivity contribution in [2.45, 2.75) is 35.8 Å². The maximum Gasteiger partial charge on any atom is 0.310 e. The fourth-order valence-corrected chi connectivity index (χ4v) is 6.86. The van der Waals surface area contributed by atoms with Gasteiger partial charge in [-0.05, 0) is 67.6 Å². The van der Waals surface area contributed by atoms with Gasteiger partial charge in [-0.25, -0.2) is 0 Å². The molecule has 4 bridgehead atoms. The molecule has 0 radical (unpaired) electrons. The third-order valence-corrected chi connectivity index (χ3v) is 7.67. The van der Waals surface area contributed by atoms with Gasteiger partial charge in [0.1, 0.15) is 0 Å². The summed E-state index contributed by atoms with van der Waals surface area (Å²) in [6.45, 7) is 0. The summed E-state index contributed by atoms with van der Waals surface area (Å²) in [5.41, 5.74) is -0.386. The summed E-state index contributed by atoms with van der Waals surface area (Å²) < 4.78 is 0.401. The zero-order chi connectivity index (χ0) is 14.1. The molecular weight excluding hydrogens is 384 g/mol. The average molecular weight is 404 g/mol. The second-order valence-electron chi connectivity index (χ2n) is 7.22. The molecule has 0 aliphatic heterocycles. The van der Waals surface area contributed by atoms with Crippen molar-refractivity contribution in [3.63, 3.8) is 0 Å². The molecule has 4 heteroatoms. The molecule has 0 amide bonds. The molecule has 0 aromatic carbocycles. The molecule has 4 aliphatic carbocycles. The molecule has 0 heterocycles. The minimum Gasteiger partial charge on any atom is -0.481 e. The third-order valence-electron chi connectivity index (χ3n) is 6.76. The Morgan fingerprint density at radius 1 is 1.30 bits per heavy atom. The molecule has 0 aromatic rings. The van der Waals surface area contributed by atoms with Gasteiger partial charge in [-0.15, -0.1) is 0 Å². The van der Waals surface area contributed by atoms with Crippen LogP contribution in [-0.4, -0.2) is 14.8 Å². The summed E-state index contributed by atoms with van der Waals surface area (Å²) in [5, 5.41) is 9.97. The van der Waals surface area contributed by atoms with Crippen molar-refractivity contribution in [1.29, 1.82) is 0 Å². The van der Waals surface area contributed by atoms with E-state index in [9.17, 15) is 9.90 Å². The molecule has 110 valence electrons. The van der Waals surface area contributed by atoms with Gasteiger partial charge < -0.3 is 5.11 Å². The Morgan fingerprint density at radius 2 is 2.10 bits per heavy atom. The van der Waals surface area contributed by atoms with Gasteiger partial charge in [0, 0.05) is 0 Å². The summed E-state index contributed by atoms with van der Waals surface area (Å²) in [7, 11) is 0. The lowest BCUT2D eigenvalue weighted by Gasteiger charge is -2.44. The van der Waals surface area contributed by atoms with Crippen molar-refractivity contribution in [3.8, 4) is 0 Å². The number of aliphatic carboxylic acids is 1. The molecule has 0 spiro atoms. The van der Waals surface area contributed by atoms with Gasteiger partial charge >= 0.3 is 5.97 Å². The summed E-state index contributed by atoms with van der Waals surface area (Å²) in [4.78, 5) is 12.1. The van der Waals surface area contributed by atoms with E-state index < -0.39 is 5.97 Å². The molecule has 4 aliphatic rings. The number of hydrogen-bond acceptors (Lipinski definition) is 1. The number of fused-ring (bicyclic) bond motifs is 9. The van der Waals surface area contributed by atoms with Gasteiger partial charge in [-0.2, -0.15) is 0 Å². The Balaban J connectivity index is 1.62. The highest BCUT2D eigenvalue weighted by atomic mass is 79.9. The summed E-state index contributed by atoms with van der Waals surface area (Å²) in [5.74, 6) is 2.66. The molecular formula is C16H20Br2O2. The highest BCUT2D eigenvalue weighted by Gasteiger charge is 2.73. The van der Waals surface area contributed by atoms with E-state index in [1.807, 2.05) is 0 Å². The largest absolute Gasteiger partial charge is 0.481 e. The monoisotopic (exact) mass is 402 g/mol. The molecule has 0 saturated heterocycles. The Kier molecular flexibility index (Phi) is 3.16. The van der Waals surface area contributed by atoms with Crippen molar-refractivity contribution in [2.24, 2.45) is 40.9 Å². The average Bonchev–Trinajstić information content (AvgIpc) is 3.12. The number of alkyl halides is 2. The number of rotatable bonds is 4. The fourth-order valence-electron chi connectivity index (χ4n) is 6.33. The van der Waals surface area contributed by atoms with E-state index in [0.717, 1.165) is 25.2 Å². The van der Waals surface area contributed by atoms with Crippen molar-refractivity contribution >= 4 is 37.8 Å². The molecule has 7 atom stereocenters. The first-order valence-corrected chi connectivity index (χ1v) is 9.58. The zero-order valence-corrected chi connectivity index (χ0v) is 14.5. The summed E-state index contributed by atoms with van der Waals surface area (Å²) in [6, 6.07) is 0. The SMILES string of the molecule is O=C(O)C12C3C=CC(C3)C1C1CC2CC1CCC(Br)Br. The van der Waals surface area contributed by atoms with Crippen LogP contribution in [0.5, 0.6) is 0 Å². The first-order chi connectivity index (χ1) is 9.55. The summed E-state index contributed by atoms with van der Waals surface area (Å²) >= 11 is 7.14. The van der Waals surface area contributed by atoms with Crippen molar-refractivity contribution in [1.82, 2.24) is 0 Å². The topological polar surface area (TPSA) is 37.3 Å². The lowest BCUT2D eigenvalue weighted by atomic mass is 9.58. The predicted octanol–water partition coefficient (Wildman–Crippen LogP) is 4.43. The fraction of sp³-hybridized carbons (Fsp3) is 0.812. The molecule has 20 heavy (non-hydrogen) atoms. The number of carbonyl (C=O) groups is 1. The number of halogens is 2. The van der Waals surface area contributed by atoms with Gasteiger partial charge in [0.25, 0.3) is 0 Å². The van der Waals surface area contributed by atoms with E-state index >= 15 is 0 Å². The van der Waals surface area contributed by atoms with E-state index in [4.69, 9.17) is 0 Å². The van der Waals surface area contributed by atoms with Gasteiger partial charge in [0.15, 0.2) is 0 Å². The van der Waals surface area contributed by atoms with Crippen LogP contribution >= 0.6 is 31.9 Å². The van der Waals surface area contributed by atoms with Crippen LogP contribution in [0, 0.1) is 40.9 Å². The van der Waals surface area contributed by atoms with Gasteiger partial charge in [0.2, 0.25) is 0 Å². The smallest absolute Gasteiger partial charge is 0.310 e. The van der Waals surface area contributed by atoms with Crippen molar-refractivity contribution < 1.29 is 9.90 Å². The number of carboxylic acid groups (broad SMARTS) is 1. The van der Waals surface area contributed by atoms with E-state index in [0.29, 0.717) is 33.3 Å². The van der Waals surface area contributed by atoms with Gasteiger partial charge in [-0.3, -0.25) is 4.79 Å². The maximum absolute atomic E-state index is 12.1. The van der Waals surface area contributed by atoms with E-state index in [1.54, 1.807) is 0 Å². The number of allylic oxidation sites excluding steroid dienone is 2. The predicted molar refractivity (Wildman–Crippen MR) is 84.9 cm³/mol. The zero-order valence-electron chi connectivity index (χ0n) is 11.3. The Morgan fingerprint density at radius 3 is 2.80 bits per heavy atom. The molecule has 7 unspecified atom stereocenters. The molecule has 3 fully saturated rings. The van der Waals surface area contributed by atoms with Crippen LogP contribution in [0.4, 0.5) is 0 Å². The standard InChI is InChI=1S/C16H20Br2O2/c17-13(18)4-2-8-5-11-7-12(8)14-9-1-3-10(6-9)16(11,14)15(19)20/h1,3,8-14H,2,4-7H2,(H,19,20). The Labute approximate surface area is 136 Å². The van der Waals surface area contributed by atoms with Crippen molar-refractivity contribution in [3.05, 3.63) is 12.2 Å². The first kappa shape index (κ1) is 13.8. The van der Waals surface area contributed by atoms with Crippen LogP contribution < -0.4 is 0 Å². The molecule has 2 nitrogen and oxygen atoms in total. The lowest BCUT2D eigenvalue weighted by molar-refractivity contribution is -0.159. The van der Waals surface area contributed by atoms with Gasteiger partial charge in [0.05, 0.1) is 9.15 Å². The van der Waals surface area contributed by atoms with Crippen LogP contribution in [0.3, 0.4) is 0 Å². The quantitative estimate of drug-likeness (QED) is 0.428. The number of carboxylic acids is 1. The minimum atomic E-state index is -0.496. The lowest BCUT2D eigenvalue weighted by Crippen LogP contribution is -2.48. The van der Waals surface area contributed by atoms with Crippen LogP contribution in [0.25, 0.3) is 0 Å². The summed E-state index contributed by atoms with van der Waals surface area (Å²) in [6.07, 6.45) is 10.4.